The maximum absolute atomic E-state index is 12.6. The molecule has 1 aliphatic carbocycles. The van der Waals surface area contributed by atoms with Crippen LogP contribution in [0.5, 0.6) is 0 Å². The molecule has 4 nitrogen and oxygen atoms in total. The van der Waals surface area contributed by atoms with Crippen LogP contribution in [0.25, 0.3) is 0 Å². The molecule has 0 aromatic heterocycles. The van der Waals surface area contributed by atoms with Crippen LogP contribution in [0.15, 0.2) is 24.3 Å². The summed E-state index contributed by atoms with van der Waals surface area (Å²) in [6.45, 7) is 3.85. The molecule has 0 radical (unpaired) electrons. The number of rotatable bonds is 3. The third-order valence-corrected chi connectivity index (χ3v) is 5.52. The first-order chi connectivity index (χ1) is 11.6. The van der Waals surface area contributed by atoms with Gasteiger partial charge in [0.1, 0.15) is 0 Å². The van der Waals surface area contributed by atoms with Gasteiger partial charge in [0.05, 0.1) is 0 Å². The monoisotopic (exact) mass is 328 g/mol. The molecule has 1 heterocycles. The van der Waals surface area contributed by atoms with E-state index in [1.807, 2.05) is 36.1 Å². The van der Waals surface area contributed by atoms with Gasteiger partial charge in [0.2, 0.25) is 11.8 Å². The number of hydrogen-bond donors (Lipinski definition) is 1. The highest BCUT2D eigenvalue weighted by atomic mass is 16.2. The summed E-state index contributed by atoms with van der Waals surface area (Å²) in [5, 5.41) is 3.05. The van der Waals surface area contributed by atoms with E-state index in [-0.39, 0.29) is 17.7 Å². The van der Waals surface area contributed by atoms with Crippen LogP contribution in [0.3, 0.4) is 0 Å². The molecule has 1 aliphatic heterocycles. The smallest absolute Gasteiger partial charge is 0.227 e. The van der Waals surface area contributed by atoms with Gasteiger partial charge < -0.3 is 10.2 Å². The molecule has 1 saturated heterocycles. The van der Waals surface area contributed by atoms with Gasteiger partial charge in [-0.05, 0) is 63.5 Å². The molecule has 0 unspecified atom stereocenters. The van der Waals surface area contributed by atoms with Crippen molar-refractivity contribution < 1.29 is 9.59 Å². The number of hydrogen-bond acceptors (Lipinski definition) is 2. The van der Waals surface area contributed by atoms with E-state index in [1.165, 1.54) is 6.42 Å². The minimum atomic E-state index is 0.0370. The summed E-state index contributed by atoms with van der Waals surface area (Å²) >= 11 is 0. The minimum Gasteiger partial charge on any atom is -0.342 e. The van der Waals surface area contributed by atoms with Crippen LogP contribution < -0.4 is 5.32 Å². The van der Waals surface area contributed by atoms with Crippen LogP contribution in [-0.2, 0) is 9.59 Å². The summed E-state index contributed by atoms with van der Waals surface area (Å²) in [7, 11) is 0. The van der Waals surface area contributed by atoms with Crippen molar-refractivity contribution in [3.05, 3.63) is 29.8 Å². The SMILES string of the molecule is Cc1ccccc1NC(=O)C1CCC(C(=O)N2CCCCC2)CC1. The number of para-hydroxylation sites is 1. The fourth-order valence-corrected chi connectivity index (χ4v) is 3.92. The summed E-state index contributed by atoms with van der Waals surface area (Å²) in [6, 6.07) is 7.86. The van der Waals surface area contributed by atoms with Gasteiger partial charge in [-0.2, -0.15) is 0 Å². The number of nitrogens with one attached hydrogen (secondary N) is 1. The zero-order valence-corrected chi connectivity index (χ0v) is 14.6. The van der Waals surface area contributed by atoms with E-state index < -0.39 is 0 Å². The number of piperidine rings is 1. The van der Waals surface area contributed by atoms with Crippen molar-refractivity contribution in [3.63, 3.8) is 0 Å². The molecular weight excluding hydrogens is 300 g/mol. The number of benzene rings is 1. The van der Waals surface area contributed by atoms with Gasteiger partial charge >= 0.3 is 0 Å². The van der Waals surface area contributed by atoms with Crippen LogP contribution in [0, 0.1) is 18.8 Å². The van der Waals surface area contributed by atoms with Crippen LogP contribution in [0.2, 0.25) is 0 Å². The molecule has 0 bridgehead atoms. The molecule has 2 aliphatic rings. The largest absolute Gasteiger partial charge is 0.342 e. The van der Waals surface area contributed by atoms with E-state index in [0.29, 0.717) is 5.91 Å². The second kappa shape index (κ2) is 7.82. The Bertz CT molecular complexity index is 585. The lowest BCUT2D eigenvalue weighted by Gasteiger charge is -2.33. The Hall–Kier alpha value is -1.84. The first-order valence-corrected chi connectivity index (χ1v) is 9.30. The quantitative estimate of drug-likeness (QED) is 0.918. The molecule has 3 rings (SSSR count). The van der Waals surface area contributed by atoms with E-state index >= 15 is 0 Å². The second-order valence-electron chi connectivity index (χ2n) is 7.24. The molecule has 2 fully saturated rings. The zero-order valence-electron chi connectivity index (χ0n) is 14.6. The van der Waals surface area contributed by atoms with Crippen molar-refractivity contribution >= 4 is 17.5 Å². The van der Waals surface area contributed by atoms with Crippen LogP contribution in [0.1, 0.15) is 50.5 Å². The number of carbonyl (C=O) groups is 2. The second-order valence-corrected chi connectivity index (χ2v) is 7.24. The number of aryl methyl sites for hydroxylation is 1. The molecule has 4 heteroatoms. The molecule has 1 saturated carbocycles. The highest BCUT2D eigenvalue weighted by molar-refractivity contribution is 5.93. The van der Waals surface area contributed by atoms with Crippen molar-refractivity contribution in [2.75, 3.05) is 18.4 Å². The average molecular weight is 328 g/mol. The molecule has 24 heavy (non-hydrogen) atoms. The van der Waals surface area contributed by atoms with Gasteiger partial charge in [-0.15, -0.1) is 0 Å². The molecule has 0 atom stereocenters. The Kier molecular flexibility index (Phi) is 5.54. The van der Waals surface area contributed by atoms with Crippen molar-refractivity contribution in [1.29, 1.82) is 0 Å². The predicted molar refractivity (Wildman–Crippen MR) is 95.7 cm³/mol. The van der Waals surface area contributed by atoms with E-state index in [0.717, 1.165) is 62.9 Å². The van der Waals surface area contributed by atoms with Crippen LogP contribution >= 0.6 is 0 Å². The Morgan fingerprint density at radius 1 is 0.958 bits per heavy atom. The average Bonchev–Trinajstić information content (AvgIpc) is 2.64. The zero-order chi connectivity index (χ0) is 16.9. The van der Waals surface area contributed by atoms with Crippen molar-refractivity contribution in [3.8, 4) is 0 Å². The normalized spacial score (nSPS) is 24.5. The van der Waals surface area contributed by atoms with E-state index in [9.17, 15) is 9.59 Å². The summed E-state index contributed by atoms with van der Waals surface area (Å²) in [5.41, 5.74) is 1.98. The highest BCUT2D eigenvalue weighted by Gasteiger charge is 2.32. The van der Waals surface area contributed by atoms with E-state index in [2.05, 4.69) is 5.32 Å². The third kappa shape index (κ3) is 3.97. The van der Waals surface area contributed by atoms with Crippen molar-refractivity contribution in [1.82, 2.24) is 4.90 Å². The number of amides is 2. The number of nitrogens with zero attached hydrogens (tertiary/aromatic N) is 1. The lowest BCUT2D eigenvalue weighted by atomic mass is 9.80. The Labute approximate surface area is 144 Å². The van der Waals surface area contributed by atoms with Crippen molar-refractivity contribution in [2.45, 2.75) is 51.9 Å². The summed E-state index contributed by atoms with van der Waals surface area (Å²) < 4.78 is 0. The minimum absolute atomic E-state index is 0.0370. The Morgan fingerprint density at radius 3 is 2.25 bits per heavy atom. The fourth-order valence-electron chi connectivity index (χ4n) is 3.92. The van der Waals surface area contributed by atoms with E-state index in [1.54, 1.807) is 0 Å². The summed E-state index contributed by atoms with van der Waals surface area (Å²) in [6.07, 6.45) is 6.86. The molecule has 1 N–H and O–H groups in total. The molecule has 1 aromatic carbocycles. The molecular formula is C20H28N2O2. The standard InChI is InChI=1S/C20H28N2O2/c1-15-7-3-4-8-18(15)21-19(23)16-9-11-17(12-10-16)20(24)22-13-5-2-6-14-22/h3-4,7-8,16-17H,2,5-6,9-14H2,1H3,(H,21,23). The molecule has 0 spiro atoms. The van der Waals surface area contributed by atoms with Crippen molar-refractivity contribution in [2.24, 2.45) is 11.8 Å². The number of anilines is 1. The Balaban J connectivity index is 1.50. The van der Waals surface area contributed by atoms with Gasteiger partial charge in [0.15, 0.2) is 0 Å². The lowest BCUT2D eigenvalue weighted by Crippen LogP contribution is -2.41. The van der Waals surface area contributed by atoms with Gasteiger partial charge in [0.25, 0.3) is 0 Å². The van der Waals surface area contributed by atoms with Gasteiger partial charge in [-0.3, -0.25) is 9.59 Å². The predicted octanol–water partition coefficient (Wildman–Crippen LogP) is 3.75. The van der Waals surface area contributed by atoms with Gasteiger partial charge in [-0.25, -0.2) is 0 Å². The maximum Gasteiger partial charge on any atom is 0.227 e. The molecule has 2 amide bonds. The molecule has 1 aromatic rings. The number of carbonyl (C=O) groups excluding carboxylic acids is 2. The number of likely N-dealkylation sites (tertiary alicyclic amines) is 1. The fraction of sp³-hybridized carbons (Fsp3) is 0.600. The third-order valence-electron chi connectivity index (χ3n) is 5.52. The molecule has 130 valence electrons. The van der Waals surface area contributed by atoms with Crippen LogP contribution in [-0.4, -0.2) is 29.8 Å². The maximum atomic E-state index is 12.6. The first kappa shape index (κ1) is 17.0. The van der Waals surface area contributed by atoms with E-state index in [4.69, 9.17) is 0 Å². The van der Waals surface area contributed by atoms with Crippen LogP contribution in [0.4, 0.5) is 5.69 Å². The Morgan fingerprint density at radius 2 is 1.58 bits per heavy atom. The topological polar surface area (TPSA) is 49.4 Å². The van der Waals surface area contributed by atoms with Gasteiger partial charge in [0, 0.05) is 30.6 Å². The lowest BCUT2D eigenvalue weighted by molar-refractivity contribution is -0.138. The van der Waals surface area contributed by atoms with Gasteiger partial charge in [-0.1, -0.05) is 18.2 Å². The summed E-state index contributed by atoms with van der Waals surface area (Å²) in [4.78, 5) is 27.1. The highest BCUT2D eigenvalue weighted by Crippen LogP contribution is 2.31. The summed E-state index contributed by atoms with van der Waals surface area (Å²) in [5.74, 6) is 0.598. The first-order valence-electron chi connectivity index (χ1n) is 9.30.